The molecule has 0 saturated carbocycles. The zero-order chi connectivity index (χ0) is 27.4. The number of nitrogens with zero attached hydrogens (tertiary/aromatic N) is 1. The van der Waals surface area contributed by atoms with Crippen LogP contribution < -0.4 is 22.1 Å². The lowest BCUT2D eigenvalue weighted by atomic mass is 9.97. The zero-order valence-electron chi connectivity index (χ0n) is 22.6. The fourth-order valence-corrected chi connectivity index (χ4v) is 4.33. The van der Waals surface area contributed by atoms with Crippen LogP contribution in [0.15, 0.2) is 48.5 Å². The molecule has 3 amide bonds. The monoisotopic (exact) mass is 509 g/mol. The van der Waals surface area contributed by atoms with Gasteiger partial charge in [-0.3, -0.25) is 14.4 Å². The van der Waals surface area contributed by atoms with Gasteiger partial charge in [-0.2, -0.15) is 0 Å². The number of hydrogen-bond donors (Lipinski definition) is 4. The van der Waals surface area contributed by atoms with Crippen LogP contribution in [0.1, 0.15) is 56.2 Å². The molecule has 0 aliphatic carbocycles. The Bertz CT molecular complexity index is 1020. The van der Waals surface area contributed by atoms with Gasteiger partial charge in [0, 0.05) is 44.2 Å². The maximum absolute atomic E-state index is 13.3. The van der Waals surface area contributed by atoms with Crippen molar-refractivity contribution in [2.45, 2.75) is 58.9 Å². The van der Waals surface area contributed by atoms with Crippen LogP contribution in [0, 0.1) is 12.8 Å². The quantitative estimate of drug-likeness (QED) is 0.311. The number of carbonyl (C=O) groups excluding carboxylic acids is 3. The molecule has 0 aliphatic heterocycles. The minimum absolute atomic E-state index is 0.0225. The molecule has 0 radical (unpaired) electrons. The van der Waals surface area contributed by atoms with Crippen LogP contribution in [0.5, 0.6) is 0 Å². The van der Waals surface area contributed by atoms with E-state index >= 15 is 0 Å². The van der Waals surface area contributed by atoms with Crippen LogP contribution in [0.2, 0.25) is 0 Å². The molecule has 6 N–H and O–H groups in total. The van der Waals surface area contributed by atoms with E-state index in [9.17, 15) is 14.4 Å². The molecule has 0 spiro atoms. The highest BCUT2D eigenvalue weighted by atomic mass is 16.2. The van der Waals surface area contributed by atoms with Gasteiger partial charge in [0.25, 0.3) is 0 Å². The van der Waals surface area contributed by atoms with E-state index in [2.05, 4.69) is 24.5 Å². The molecule has 8 nitrogen and oxygen atoms in total. The Morgan fingerprint density at radius 2 is 1.57 bits per heavy atom. The van der Waals surface area contributed by atoms with Crippen LogP contribution in [0.25, 0.3) is 0 Å². The van der Waals surface area contributed by atoms with Crippen LogP contribution in [-0.2, 0) is 20.8 Å². The molecule has 8 heteroatoms. The van der Waals surface area contributed by atoms with Crippen molar-refractivity contribution in [3.63, 3.8) is 0 Å². The van der Waals surface area contributed by atoms with Gasteiger partial charge in [0.1, 0.15) is 6.04 Å². The number of rotatable bonds is 14. The number of hydrogen-bond acceptors (Lipinski definition) is 5. The van der Waals surface area contributed by atoms with Crippen molar-refractivity contribution < 1.29 is 14.4 Å². The average Bonchev–Trinajstić information content (AvgIpc) is 2.86. The summed E-state index contributed by atoms with van der Waals surface area (Å²) in [6.45, 7) is 9.41. The highest BCUT2D eigenvalue weighted by molar-refractivity contribution is 5.98. The van der Waals surface area contributed by atoms with Crippen molar-refractivity contribution in [2.75, 3.05) is 31.5 Å². The highest BCUT2D eigenvalue weighted by Gasteiger charge is 2.26. The molecule has 0 bridgehead atoms. The first-order chi connectivity index (χ1) is 17.7. The van der Waals surface area contributed by atoms with E-state index in [4.69, 9.17) is 11.5 Å². The Balaban J connectivity index is 2.12. The summed E-state index contributed by atoms with van der Waals surface area (Å²) in [6, 6.07) is 14.9. The van der Waals surface area contributed by atoms with Gasteiger partial charge < -0.3 is 27.0 Å². The van der Waals surface area contributed by atoms with Crippen LogP contribution in [-0.4, -0.2) is 54.8 Å². The SMILES string of the molecule is Cc1cc(NC(=O)C(CCc2ccccc2)NC(=O)C(C)CC(=O)N(CCN)CCN)ccc1C(C)C. The first kappa shape index (κ1) is 30.0. The molecule has 37 heavy (non-hydrogen) atoms. The van der Waals surface area contributed by atoms with Gasteiger partial charge in [0.05, 0.1) is 0 Å². The molecule has 0 fully saturated rings. The van der Waals surface area contributed by atoms with Crippen molar-refractivity contribution >= 4 is 23.4 Å². The molecule has 2 rings (SSSR count). The average molecular weight is 510 g/mol. The smallest absolute Gasteiger partial charge is 0.246 e. The van der Waals surface area contributed by atoms with Gasteiger partial charge >= 0.3 is 0 Å². The Kier molecular flexibility index (Phi) is 12.3. The second-order valence-electron chi connectivity index (χ2n) is 9.86. The molecule has 2 atom stereocenters. The molecule has 2 aromatic carbocycles. The predicted octanol–water partition coefficient (Wildman–Crippen LogP) is 2.95. The van der Waals surface area contributed by atoms with E-state index in [-0.39, 0.29) is 24.1 Å². The third-order valence-electron chi connectivity index (χ3n) is 6.44. The number of carbonyl (C=O) groups is 3. The zero-order valence-corrected chi connectivity index (χ0v) is 22.6. The topological polar surface area (TPSA) is 131 Å². The Labute approximate surface area is 221 Å². The molecule has 0 heterocycles. The summed E-state index contributed by atoms with van der Waals surface area (Å²) < 4.78 is 0. The van der Waals surface area contributed by atoms with E-state index in [1.807, 2.05) is 55.5 Å². The molecular weight excluding hydrogens is 466 g/mol. The van der Waals surface area contributed by atoms with Crippen molar-refractivity contribution in [3.05, 3.63) is 65.2 Å². The fraction of sp³-hybridized carbons (Fsp3) is 0.483. The number of amides is 3. The van der Waals surface area contributed by atoms with E-state index < -0.39 is 12.0 Å². The second kappa shape index (κ2) is 15.1. The van der Waals surface area contributed by atoms with Crippen molar-refractivity contribution in [1.29, 1.82) is 0 Å². The highest BCUT2D eigenvalue weighted by Crippen LogP contribution is 2.22. The first-order valence-corrected chi connectivity index (χ1v) is 13.1. The summed E-state index contributed by atoms with van der Waals surface area (Å²) in [4.78, 5) is 40.6. The van der Waals surface area contributed by atoms with Crippen LogP contribution >= 0.6 is 0 Å². The lowest BCUT2D eigenvalue weighted by molar-refractivity contribution is -0.136. The lowest BCUT2D eigenvalue weighted by Crippen LogP contribution is -2.47. The van der Waals surface area contributed by atoms with E-state index in [1.165, 1.54) is 5.56 Å². The van der Waals surface area contributed by atoms with Gasteiger partial charge in [-0.25, -0.2) is 0 Å². The third kappa shape index (κ3) is 9.63. The second-order valence-corrected chi connectivity index (χ2v) is 9.86. The standard InChI is InChI=1S/C29H43N5O3/c1-20(2)25-12-11-24(18-21(25)3)32-29(37)26(13-10-23-8-6-5-7-9-23)33-28(36)22(4)19-27(35)34(16-14-30)17-15-31/h5-9,11-12,18,20,22,26H,10,13-17,19,30-31H2,1-4H3,(H,32,37)(H,33,36). The van der Waals surface area contributed by atoms with Crippen molar-refractivity contribution in [3.8, 4) is 0 Å². The molecule has 0 aromatic heterocycles. The number of benzene rings is 2. The molecule has 202 valence electrons. The van der Waals surface area contributed by atoms with Gasteiger partial charge in [-0.05, 0) is 54.5 Å². The normalized spacial score (nSPS) is 12.6. The largest absolute Gasteiger partial charge is 0.344 e. The molecule has 2 unspecified atom stereocenters. The summed E-state index contributed by atoms with van der Waals surface area (Å²) in [5.74, 6) is -1.02. The number of nitrogens with two attached hydrogens (primary N) is 2. The fourth-order valence-electron chi connectivity index (χ4n) is 4.33. The van der Waals surface area contributed by atoms with Gasteiger partial charge in [-0.15, -0.1) is 0 Å². The summed E-state index contributed by atoms with van der Waals surface area (Å²) in [5.41, 5.74) is 15.3. The van der Waals surface area contributed by atoms with Crippen molar-refractivity contribution in [2.24, 2.45) is 17.4 Å². The third-order valence-corrected chi connectivity index (χ3v) is 6.44. The van der Waals surface area contributed by atoms with E-state index in [0.29, 0.717) is 50.6 Å². The molecule has 2 aromatic rings. The Hall–Kier alpha value is -3.23. The molecule has 0 saturated heterocycles. The molecule has 0 aliphatic rings. The number of nitrogens with one attached hydrogen (secondary N) is 2. The summed E-state index contributed by atoms with van der Waals surface area (Å²) >= 11 is 0. The summed E-state index contributed by atoms with van der Waals surface area (Å²) in [7, 11) is 0. The maximum atomic E-state index is 13.3. The van der Waals surface area contributed by atoms with Gasteiger partial charge in [0.15, 0.2) is 0 Å². The van der Waals surface area contributed by atoms with Crippen LogP contribution in [0.3, 0.4) is 0 Å². The minimum atomic E-state index is -0.750. The first-order valence-electron chi connectivity index (χ1n) is 13.1. The maximum Gasteiger partial charge on any atom is 0.246 e. The minimum Gasteiger partial charge on any atom is -0.344 e. The summed E-state index contributed by atoms with van der Waals surface area (Å²) in [6.07, 6.45) is 1.07. The summed E-state index contributed by atoms with van der Waals surface area (Å²) in [5, 5.41) is 5.85. The lowest BCUT2D eigenvalue weighted by Gasteiger charge is -2.24. The Morgan fingerprint density at radius 1 is 0.919 bits per heavy atom. The van der Waals surface area contributed by atoms with E-state index in [1.54, 1.807) is 11.8 Å². The van der Waals surface area contributed by atoms with E-state index in [0.717, 1.165) is 11.1 Å². The van der Waals surface area contributed by atoms with Crippen LogP contribution in [0.4, 0.5) is 5.69 Å². The van der Waals surface area contributed by atoms with Crippen molar-refractivity contribution in [1.82, 2.24) is 10.2 Å². The van der Waals surface area contributed by atoms with Gasteiger partial charge in [0.2, 0.25) is 17.7 Å². The number of aryl methyl sites for hydroxylation is 2. The van der Waals surface area contributed by atoms with Gasteiger partial charge in [-0.1, -0.05) is 57.2 Å². The predicted molar refractivity (Wildman–Crippen MR) is 149 cm³/mol. The number of anilines is 1. The Morgan fingerprint density at radius 3 is 2.14 bits per heavy atom. The molecular formula is C29H43N5O3.